The van der Waals surface area contributed by atoms with Crippen LogP contribution in [0.5, 0.6) is 0 Å². The Bertz CT molecular complexity index is 603. The number of rotatable bonds is 4. The number of carbonyl (C=O) groups is 1. The van der Waals surface area contributed by atoms with Gasteiger partial charge in [-0.1, -0.05) is 41.6 Å². The number of nitrogens with zero attached hydrogens (tertiary/aromatic N) is 1. The molecule has 0 spiro atoms. The van der Waals surface area contributed by atoms with E-state index in [1.54, 1.807) is 18.0 Å². The summed E-state index contributed by atoms with van der Waals surface area (Å²) < 4.78 is 0. The molecule has 1 N–H and O–H groups in total. The molecule has 0 bridgehead atoms. The Morgan fingerprint density at radius 2 is 1.60 bits per heavy atom. The van der Waals surface area contributed by atoms with Gasteiger partial charge in [-0.05, 0) is 36.8 Å². The van der Waals surface area contributed by atoms with Crippen molar-refractivity contribution < 1.29 is 4.79 Å². The topological polar surface area (TPSA) is 41.5 Å². The van der Waals surface area contributed by atoms with Gasteiger partial charge in [0, 0.05) is 16.7 Å². The monoisotopic (exact) mass is 284 g/mol. The van der Waals surface area contributed by atoms with Crippen molar-refractivity contribution in [3.05, 3.63) is 59.7 Å². The zero-order chi connectivity index (χ0) is 14.4. The molecule has 2 rings (SSSR count). The number of amides is 1. The molecule has 0 fully saturated rings. The van der Waals surface area contributed by atoms with Gasteiger partial charge in [0.1, 0.15) is 0 Å². The first-order chi connectivity index (χ1) is 9.63. The molecule has 2 aromatic carbocycles. The maximum absolute atomic E-state index is 10.7. The molecule has 0 aromatic heterocycles. The van der Waals surface area contributed by atoms with E-state index in [1.807, 2.05) is 24.3 Å². The average Bonchev–Trinajstić information content (AvgIpc) is 2.43. The fourth-order valence-corrected chi connectivity index (χ4v) is 2.38. The number of carbonyl (C=O) groups excluding carboxylic acids is 1. The van der Waals surface area contributed by atoms with Crippen LogP contribution in [0.25, 0.3) is 0 Å². The van der Waals surface area contributed by atoms with Crippen LogP contribution in [-0.4, -0.2) is 12.1 Å². The lowest BCUT2D eigenvalue weighted by molar-refractivity contribution is -0.118. The van der Waals surface area contributed by atoms with Gasteiger partial charge in [-0.25, -0.2) is 5.43 Å². The predicted molar refractivity (Wildman–Crippen MR) is 83.2 cm³/mol. The molecule has 0 saturated carbocycles. The van der Waals surface area contributed by atoms with E-state index in [-0.39, 0.29) is 5.91 Å². The number of nitrogens with one attached hydrogen (secondary N) is 1. The van der Waals surface area contributed by atoms with Crippen molar-refractivity contribution in [3.8, 4) is 0 Å². The van der Waals surface area contributed by atoms with Gasteiger partial charge in [0.05, 0.1) is 6.21 Å². The lowest BCUT2D eigenvalue weighted by Crippen LogP contribution is -2.12. The molecule has 0 aliphatic carbocycles. The van der Waals surface area contributed by atoms with E-state index in [4.69, 9.17) is 0 Å². The molecule has 3 nitrogen and oxygen atoms in total. The summed E-state index contributed by atoms with van der Waals surface area (Å²) in [6.45, 7) is 3.51. The van der Waals surface area contributed by atoms with E-state index in [0.717, 1.165) is 5.56 Å². The third-order valence-corrected chi connectivity index (χ3v) is 3.59. The van der Waals surface area contributed by atoms with Crippen LogP contribution < -0.4 is 5.43 Å². The van der Waals surface area contributed by atoms with E-state index in [0.29, 0.717) is 0 Å². The lowest BCUT2D eigenvalue weighted by atomic mass is 10.2. The van der Waals surface area contributed by atoms with Crippen LogP contribution in [0.1, 0.15) is 18.1 Å². The van der Waals surface area contributed by atoms with Crippen LogP contribution in [0.3, 0.4) is 0 Å². The third kappa shape index (κ3) is 4.55. The summed E-state index contributed by atoms with van der Waals surface area (Å²) in [7, 11) is 0. The van der Waals surface area contributed by atoms with Gasteiger partial charge >= 0.3 is 0 Å². The number of hydrazone groups is 1. The third-order valence-electron chi connectivity index (χ3n) is 2.57. The maximum Gasteiger partial charge on any atom is 0.236 e. The van der Waals surface area contributed by atoms with Crippen molar-refractivity contribution in [3.63, 3.8) is 0 Å². The molecular formula is C16H16N2OS. The maximum atomic E-state index is 10.7. The molecule has 0 unspecified atom stereocenters. The van der Waals surface area contributed by atoms with E-state index in [1.165, 1.54) is 22.3 Å². The van der Waals surface area contributed by atoms with E-state index >= 15 is 0 Å². The Morgan fingerprint density at radius 3 is 2.15 bits per heavy atom. The molecule has 102 valence electrons. The van der Waals surface area contributed by atoms with Gasteiger partial charge in [-0.2, -0.15) is 5.10 Å². The second-order valence-corrected chi connectivity index (χ2v) is 5.56. The van der Waals surface area contributed by atoms with Crippen molar-refractivity contribution in [1.82, 2.24) is 5.43 Å². The molecule has 2 aromatic rings. The zero-order valence-electron chi connectivity index (χ0n) is 11.5. The van der Waals surface area contributed by atoms with Crippen LogP contribution in [0.15, 0.2) is 63.4 Å². The summed E-state index contributed by atoms with van der Waals surface area (Å²) in [5.74, 6) is -0.173. The van der Waals surface area contributed by atoms with Crippen molar-refractivity contribution in [2.24, 2.45) is 5.10 Å². The Balaban J connectivity index is 1.99. The second-order valence-electron chi connectivity index (χ2n) is 4.41. The summed E-state index contributed by atoms with van der Waals surface area (Å²) in [4.78, 5) is 13.1. The molecule has 0 aliphatic rings. The van der Waals surface area contributed by atoms with Gasteiger partial charge in [0.2, 0.25) is 5.91 Å². The van der Waals surface area contributed by atoms with Crippen LogP contribution in [0.4, 0.5) is 0 Å². The summed E-state index contributed by atoms with van der Waals surface area (Å²) in [5, 5.41) is 3.83. The molecule has 20 heavy (non-hydrogen) atoms. The van der Waals surface area contributed by atoms with Crippen molar-refractivity contribution >= 4 is 23.9 Å². The van der Waals surface area contributed by atoms with E-state index in [2.05, 4.69) is 41.7 Å². The highest BCUT2D eigenvalue weighted by atomic mass is 32.2. The van der Waals surface area contributed by atoms with E-state index < -0.39 is 0 Å². The number of hydrogen-bond donors (Lipinski definition) is 1. The zero-order valence-corrected chi connectivity index (χ0v) is 12.3. The fraction of sp³-hybridized carbons (Fsp3) is 0.125. The van der Waals surface area contributed by atoms with Crippen LogP contribution in [0, 0.1) is 6.92 Å². The van der Waals surface area contributed by atoms with Gasteiger partial charge in [0.15, 0.2) is 0 Å². The molecule has 0 atom stereocenters. The molecular weight excluding hydrogens is 268 g/mol. The highest BCUT2D eigenvalue weighted by Gasteiger charge is 1.97. The van der Waals surface area contributed by atoms with Crippen LogP contribution in [-0.2, 0) is 4.79 Å². The quantitative estimate of drug-likeness (QED) is 0.688. The van der Waals surface area contributed by atoms with Gasteiger partial charge < -0.3 is 0 Å². The van der Waals surface area contributed by atoms with Crippen molar-refractivity contribution in [2.45, 2.75) is 23.6 Å². The average molecular weight is 284 g/mol. The number of benzene rings is 2. The normalized spacial score (nSPS) is 10.7. The molecule has 0 aliphatic heterocycles. The fourth-order valence-electron chi connectivity index (χ4n) is 1.56. The molecule has 0 radical (unpaired) electrons. The molecule has 4 heteroatoms. The van der Waals surface area contributed by atoms with Gasteiger partial charge in [-0.3, -0.25) is 4.79 Å². The van der Waals surface area contributed by atoms with Gasteiger partial charge in [-0.15, -0.1) is 0 Å². The lowest BCUT2D eigenvalue weighted by Gasteiger charge is -2.02. The summed E-state index contributed by atoms with van der Waals surface area (Å²) in [5.41, 5.74) is 4.59. The SMILES string of the molecule is CC(=O)N/N=C\c1ccc(Sc2ccc(C)cc2)cc1. The first-order valence-corrected chi connectivity index (χ1v) is 7.09. The van der Waals surface area contributed by atoms with Crippen molar-refractivity contribution in [2.75, 3.05) is 0 Å². The smallest absolute Gasteiger partial charge is 0.236 e. The van der Waals surface area contributed by atoms with Crippen LogP contribution in [0.2, 0.25) is 0 Å². The molecule has 0 saturated heterocycles. The Morgan fingerprint density at radius 1 is 1.05 bits per heavy atom. The Kier molecular flexibility index (Phi) is 4.96. The van der Waals surface area contributed by atoms with Gasteiger partial charge in [0.25, 0.3) is 0 Å². The first kappa shape index (κ1) is 14.3. The predicted octanol–water partition coefficient (Wildman–Crippen LogP) is 3.62. The largest absolute Gasteiger partial charge is 0.274 e. The number of hydrogen-bond acceptors (Lipinski definition) is 3. The summed E-state index contributed by atoms with van der Waals surface area (Å²) >= 11 is 1.72. The minimum absolute atomic E-state index is 0.173. The standard InChI is InChI=1S/C16H16N2OS/c1-12-3-7-15(8-4-12)20-16-9-5-14(6-10-16)11-17-18-13(2)19/h3-11H,1-2H3,(H,18,19)/b17-11-. The summed E-state index contributed by atoms with van der Waals surface area (Å²) in [6, 6.07) is 16.5. The Labute approximate surface area is 123 Å². The second kappa shape index (κ2) is 6.91. The first-order valence-electron chi connectivity index (χ1n) is 6.28. The highest BCUT2D eigenvalue weighted by molar-refractivity contribution is 7.99. The highest BCUT2D eigenvalue weighted by Crippen LogP contribution is 2.27. The summed E-state index contributed by atoms with van der Waals surface area (Å²) in [6.07, 6.45) is 1.63. The number of aryl methyl sites for hydroxylation is 1. The minimum atomic E-state index is -0.173. The molecule has 1 amide bonds. The van der Waals surface area contributed by atoms with E-state index in [9.17, 15) is 4.79 Å². The van der Waals surface area contributed by atoms with Crippen LogP contribution >= 0.6 is 11.8 Å². The Hall–Kier alpha value is -2.07. The van der Waals surface area contributed by atoms with Crippen molar-refractivity contribution in [1.29, 1.82) is 0 Å². The molecule has 0 heterocycles. The minimum Gasteiger partial charge on any atom is -0.274 e.